The zero-order valence-electron chi connectivity index (χ0n) is 18.9. The first-order chi connectivity index (χ1) is 16.8. The molecule has 1 aromatic heterocycles. The molecule has 3 aromatic rings. The molecule has 1 heterocycles. The quantitative estimate of drug-likeness (QED) is 0.357. The van der Waals surface area contributed by atoms with Crippen molar-refractivity contribution in [2.75, 3.05) is 6.61 Å². The van der Waals surface area contributed by atoms with E-state index in [2.05, 4.69) is 4.98 Å². The highest BCUT2D eigenvalue weighted by atomic mass is 35.5. The van der Waals surface area contributed by atoms with E-state index >= 15 is 0 Å². The molecule has 1 aliphatic rings. The van der Waals surface area contributed by atoms with Crippen LogP contribution in [0.3, 0.4) is 0 Å². The Morgan fingerprint density at radius 2 is 1.86 bits per heavy atom. The third-order valence-electron chi connectivity index (χ3n) is 6.00. The van der Waals surface area contributed by atoms with Gasteiger partial charge in [0.2, 0.25) is 0 Å². The molecule has 1 amide bonds. The normalized spacial score (nSPS) is 13.3. The number of pyridine rings is 1. The minimum absolute atomic E-state index is 0.0503. The highest BCUT2D eigenvalue weighted by Gasteiger charge is 2.30. The molecular formula is C26H23ClF2N3O3+. The molecule has 2 aromatic carbocycles. The molecule has 1 aliphatic carbocycles. The number of carbonyl (C=O) groups is 2. The third kappa shape index (κ3) is 4.99. The molecule has 0 spiro atoms. The summed E-state index contributed by atoms with van der Waals surface area (Å²) < 4.78 is 34.5. The van der Waals surface area contributed by atoms with Crippen LogP contribution in [-0.2, 0) is 4.74 Å². The first-order valence-corrected chi connectivity index (χ1v) is 11.6. The summed E-state index contributed by atoms with van der Waals surface area (Å²) in [5.41, 5.74) is -0.132. The predicted octanol–water partition coefficient (Wildman–Crippen LogP) is 4.91. The average molecular weight is 499 g/mol. The van der Waals surface area contributed by atoms with E-state index in [0.29, 0.717) is 10.6 Å². The van der Waals surface area contributed by atoms with E-state index in [1.54, 1.807) is 19.1 Å². The van der Waals surface area contributed by atoms with Crippen molar-refractivity contribution in [1.29, 1.82) is 5.41 Å². The Bertz CT molecular complexity index is 1300. The number of nitrogens with one attached hydrogen (secondary N) is 1. The van der Waals surface area contributed by atoms with Gasteiger partial charge in [-0.1, -0.05) is 30.2 Å². The smallest absolute Gasteiger partial charge is 0.349 e. The van der Waals surface area contributed by atoms with Crippen molar-refractivity contribution in [2.24, 2.45) is 0 Å². The third-order valence-corrected chi connectivity index (χ3v) is 6.32. The lowest BCUT2D eigenvalue weighted by Gasteiger charge is -2.27. The Labute approximate surface area is 205 Å². The Balaban J connectivity index is 1.67. The Morgan fingerprint density at radius 1 is 1.14 bits per heavy atom. The molecular weight excluding hydrogens is 476 g/mol. The zero-order chi connectivity index (χ0) is 25.1. The number of ether oxygens (including phenoxy) is 1. The Morgan fingerprint density at radius 3 is 2.49 bits per heavy atom. The van der Waals surface area contributed by atoms with Crippen molar-refractivity contribution in [1.82, 2.24) is 4.98 Å². The van der Waals surface area contributed by atoms with Gasteiger partial charge in [0.15, 0.2) is 5.69 Å². The lowest BCUT2D eigenvalue weighted by atomic mass is 9.78. The van der Waals surface area contributed by atoms with Crippen LogP contribution >= 0.6 is 11.6 Å². The van der Waals surface area contributed by atoms with Crippen LogP contribution in [0.5, 0.6) is 0 Å². The maximum atomic E-state index is 14.8. The molecule has 180 valence electrons. The number of hydrogen-bond donors (Lipinski definition) is 2. The van der Waals surface area contributed by atoms with Crippen molar-refractivity contribution < 1.29 is 28.4 Å². The molecule has 0 bridgehead atoms. The molecule has 1 saturated carbocycles. The van der Waals surface area contributed by atoms with Crippen LogP contribution in [0.4, 0.5) is 14.5 Å². The fraction of sp³-hybridized carbons (Fsp3) is 0.231. The van der Waals surface area contributed by atoms with E-state index in [4.69, 9.17) is 21.7 Å². The largest absolute Gasteiger partial charge is 0.462 e. The van der Waals surface area contributed by atoms with E-state index in [1.807, 2.05) is 12.1 Å². The number of nitrogens with two attached hydrogens (primary N) is 1. The average Bonchev–Trinajstić information content (AvgIpc) is 2.78. The van der Waals surface area contributed by atoms with Crippen molar-refractivity contribution >= 4 is 34.9 Å². The van der Waals surface area contributed by atoms with Crippen LogP contribution in [0.1, 0.15) is 69.6 Å². The molecule has 0 unspecified atom stereocenters. The van der Waals surface area contributed by atoms with E-state index in [-0.39, 0.29) is 35.4 Å². The summed E-state index contributed by atoms with van der Waals surface area (Å²) in [6.45, 7) is 1.63. The van der Waals surface area contributed by atoms with Gasteiger partial charge in [0, 0.05) is 12.3 Å². The van der Waals surface area contributed by atoms with Crippen molar-refractivity contribution in [3.05, 3.63) is 93.3 Å². The number of quaternary nitrogens is 1. The Kier molecular flexibility index (Phi) is 7.33. The van der Waals surface area contributed by atoms with E-state index in [1.165, 1.54) is 17.6 Å². The first-order valence-electron chi connectivity index (χ1n) is 11.2. The topological polar surface area (TPSA) is 96.7 Å². The fourth-order valence-corrected chi connectivity index (χ4v) is 4.35. The second-order valence-corrected chi connectivity index (χ2v) is 8.60. The summed E-state index contributed by atoms with van der Waals surface area (Å²) in [6, 6.07) is 10.1. The van der Waals surface area contributed by atoms with Gasteiger partial charge < -0.3 is 4.74 Å². The summed E-state index contributed by atoms with van der Waals surface area (Å²) in [5.74, 6) is -3.21. The maximum Gasteiger partial charge on any atom is 0.349 e. The standard InChI is InChI=1S/C26H22ClF2N3O3/c1-2-35-26(34)15-12-18(28)22(19(29)13-15)23(30)24-20(10-5-11-31-24)32-25(33)21-16(14-6-3-7-14)8-4-9-17(21)27/h4-5,8-14,30H,2-3,6-7H2,1H3,(H,32,33)/p+1. The number of rotatable bonds is 7. The van der Waals surface area contributed by atoms with E-state index < -0.39 is 28.9 Å². The van der Waals surface area contributed by atoms with Gasteiger partial charge in [-0.3, -0.25) is 5.41 Å². The number of amides is 1. The van der Waals surface area contributed by atoms with Gasteiger partial charge in [-0.2, -0.15) is 0 Å². The molecule has 0 saturated heterocycles. The van der Waals surface area contributed by atoms with Crippen molar-refractivity contribution in [2.45, 2.75) is 32.1 Å². The summed E-state index contributed by atoms with van der Waals surface area (Å²) >= 11 is 6.38. The number of aromatic nitrogens is 1. The molecule has 0 atom stereocenters. The molecule has 4 rings (SSSR count). The monoisotopic (exact) mass is 498 g/mol. The molecule has 3 N–H and O–H groups in total. The Hall–Kier alpha value is -3.49. The van der Waals surface area contributed by atoms with Gasteiger partial charge in [0.05, 0.1) is 28.5 Å². The molecule has 9 heteroatoms. The molecule has 35 heavy (non-hydrogen) atoms. The van der Waals surface area contributed by atoms with Gasteiger partial charge in [0.25, 0.3) is 0 Å². The fourth-order valence-electron chi connectivity index (χ4n) is 4.08. The summed E-state index contributed by atoms with van der Waals surface area (Å²) in [4.78, 5) is 29.3. The number of esters is 1. The van der Waals surface area contributed by atoms with Crippen LogP contribution in [0, 0.1) is 17.0 Å². The van der Waals surface area contributed by atoms with E-state index in [0.717, 1.165) is 37.0 Å². The van der Waals surface area contributed by atoms with Crippen LogP contribution in [-0.4, -0.2) is 29.2 Å². The second-order valence-electron chi connectivity index (χ2n) is 8.19. The molecule has 6 nitrogen and oxygen atoms in total. The van der Waals surface area contributed by atoms with Gasteiger partial charge in [-0.15, -0.1) is 0 Å². The highest BCUT2D eigenvalue weighted by Crippen LogP contribution is 2.39. The van der Waals surface area contributed by atoms with E-state index in [9.17, 15) is 18.4 Å². The SMILES string of the molecule is CCOC(=O)c1cc(F)c(C(=N)c2ncccc2[NH2+]C(=O)c2c(Cl)cccc2C2CCC2)c(F)c1. The number of carbonyl (C=O) groups excluding carboxylic acids is 2. The predicted molar refractivity (Wildman–Crippen MR) is 126 cm³/mol. The minimum Gasteiger partial charge on any atom is -0.462 e. The second kappa shape index (κ2) is 10.4. The van der Waals surface area contributed by atoms with Gasteiger partial charge in [-0.25, -0.2) is 28.7 Å². The number of halogens is 3. The molecule has 1 fully saturated rings. The number of hydrogen-bond acceptors (Lipinski definition) is 5. The highest BCUT2D eigenvalue weighted by molar-refractivity contribution is 6.33. The summed E-state index contributed by atoms with van der Waals surface area (Å²) in [5, 5.41) is 10.1. The van der Waals surface area contributed by atoms with Gasteiger partial charge in [0.1, 0.15) is 22.9 Å². The summed E-state index contributed by atoms with van der Waals surface area (Å²) in [6.07, 6.45) is 4.40. The van der Waals surface area contributed by atoms with Crippen molar-refractivity contribution in [3.63, 3.8) is 0 Å². The lowest BCUT2D eigenvalue weighted by molar-refractivity contribution is -0.464. The van der Waals surface area contributed by atoms with Crippen molar-refractivity contribution in [3.8, 4) is 0 Å². The van der Waals surface area contributed by atoms with Crippen LogP contribution in [0.2, 0.25) is 5.02 Å². The molecule has 0 radical (unpaired) electrons. The first kappa shape index (κ1) is 24.6. The lowest BCUT2D eigenvalue weighted by Crippen LogP contribution is -2.83. The number of primary amides is 1. The van der Waals surface area contributed by atoms with Crippen LogP contribution in [0.15, 0.2) is 48.7 Å². The maximum absolute atomic E-state index is 14.8. The van der Waals surface area contributed by atoms with Crippen LogP contribution < -0.4 is 5.32 Å². The minimum atomic E-state index is -1.11. The molecule has 0 aliphatic heterocycles. The number of benzene rings is 2. The van der Waals surface area contributed by atoms with Gasteiger partial charge >= 0.3 is 11.9 Å². The van der Waals surface area contributed by atoms with Crippen LogP contribution in [0.25, 0.3) is 0 Å². The number of nitrogens with zero attached hydrogens (tertiary/aromatic N) is 1. The summed E-state index contributed by atoms with van der Waals surface area (Å²) in [7, 11) is 0. The zero-order valence-corrected chi connectivity index (χ0v) is 19.7. The van der Waals surface area contributed by atoms with Gasteiger partial charge in [-0.05, 0) is 55.5 Å².